The van der Waals surface area contributed by atoms with Crippen LogP contribution in [0.25, 0.3) is 17.2 Å². The topological polar surface area (TPSA) is 85.1 Å². The summed E-state index contributed by atoms with van der Waals surface area (Å²) in [6.45, 7) is 0. The molecule has 3 heterocycles. The fraction of sp³-hybridized carbons (Fsp3) is 0.105. The zero-order valence-corrected chi connectivity index (χ0v) is 16.0. The molecule has 1 N–H and O–H groups in total. The molecule has 11 heteroatoms. The van der Waals surface area contributed by atoms with Crippen molar-refractivity contribution < 1.29 is 18.0 Å². The summed E-state index contributed by atoms with van der Waals surface area (Å²) >= 11 is 1.14. The van der Waals surface area contributed by atoms with Gasteiger partial charge in [0.15, 0.2) is 5.65 Å². The van der Waals surface area contributed by atoms with Crippen LogP contribution in [-0.2, 0) is 11.0 Å². The van der Waals surface area contributed by atoms with Crippen molar-refractivity contribution in [2.24, 2.45) is 0 Å². The number of alkyl halides is 3. The number of hydrogen-bond donors (Lipinski definition) is 1. The van der Waals surface area contributed by atoms with Crippen LogP contribution < -0.4 is 5.32 Å². The number of thioether (sulfide) groups is 1. The molecule has 4 rings (SSSR count). The molecule has 0 saturated carbocycles. The second-order valence-electron chi connectivity index (χ2n) is 6.10. The van der Waals surface area contributed by atoms with E-state index in [2.05, 4.69) is 25.6 Å². The number of nitrogens with zero attached hydrogens (tertiary/aromatic N) is 5. The molecule has 0 atom stereocenters. The van der Waals surface area contributed by atoms with Crippen LogP contribution in [0.4, 0.5) is 18.9 Å². The van der Waals surface area contributed by atoms with Crippen molar-refractivity contribution in [2.75, 3.05) is 11.1 Å². The summed E-state index contributed by atoms with van der Waals surface area (Å²) in [5.74, 6) is -0.0214. The molecule has 0 bridgehead atoms. The second-order valence-corrected chi connectivity index (χ2v) is 7.09. The molecule has 0 unspecified atom stereocenters. The number of fused-ring (bicyclic) bond motifs is 1. The van der Waals surface area contributed by atoms with Crippen LogP contribution in [0.3, 0.4) is 0 Å². The van der Waals surface area contributed by atoms with Crippen molar-refractivity contribution in [3.63, 3.8) is 0 Å². The van der Waals surface area contributed by atoms with Crippen LogP contribution in [-0.4, -0.2) is 36.5 Å². The molecule has 152 valence electrons. The van der Waals surface area contributed by atoms with Gasteiger partial charge in [0.1, 0.15) is 10.7 Å². The quantitative estimate of drug-likeness (QED) is 0.483. The highest BCUT2D eigenvalue weighted by Gasteiger charge is 2.30. The minimum atomic E-state index is -4.47. The van der Waals surface area contributed by atoms with Crippen molar-refractivity contribution in [1.82, 2.24) is 24.8 Å². The van der Waals surface area contributed by atoms with Crippen LogP contribution in [0.1, 0.15) is 5.56 Å². The number of amides is 1. The maximum absolute atomic E-state index is 12.8. The first-order valence-electron chi connectivity index (χ1n) is 8.64. The van der Waals surface area contributed by atoms with Gasteiger partial charge >= 0.3 is 6.18 Å². The lowest BCUT2D eigenvalue weighted by Gasteiger charge is -2.09. The van der Waals surface area contributed by atoms with Crippen LogP contribution in [0.2, 0.25) is 0 Å². The molecule has 7 nitrogen and oxygen atoms in total. The number of rotatable bonds is 5. The van der Waals surface area contributed by atoms with Crippen molar-refractivity contribution in [3.05, 3.63) is 66.4 Å². The number of pyridine rings is 1. The van der Waals surface area contributed by atoms with Gasteiger partial charge in [-0.1, -0.05) is 23.9 Å². The van der Waals surface area contributed by atoms with Crippen molar-refractivity contribution >= 4 is 29.0 Å². The Morgan fingerprint density at radius 1 is 1.07 bits per heavy atom. The van der Waals surface area contributed by atoms with Gasteiger partial charge in [0.05, 0.1) is 11.3 Å². The number of carbonyl (C=O) groups is 1. The average molecular weight is 430 g/mol. The Labute approximate surface area is 172 Å². The van der Waals surface area contributed by atoms with Gasteiger partial charge in [-0.3, -0.25) is 9.78 Å². The van der Waals surface area contributed by atoms with E-state index in [9.17, 15) is 18.0 Å². The maximum Gasteiger partial charge on any atom is 0.416 e. The minimum absolute atomic E-state index is 0.0319. The van der Waals surface area contributed by atoms with Crippen LogP contribution in [0.5, 0.6) is 0 Å². The smallest absolute Gasteiger partial charge is 0.325 e. The predicted octanol–water partition coefficient (Wildman–Crippen LogP) is 3.94. The van der Waals surface area contributed by atoms with Gasteiger partial charge in [-0.25, -0.2) is 0 Å². The highest BCUT2D eigenvalue weighted by Crippen LogP contribution is 2.30. The predicted molar refractivity (Wildman–Crippen MR) is 105 cm³/mol. The zero-order chi connectivity index (χ0) is 21.1. The minimum Gasteiger partial charge on any atom is -0.325 e. The molecule has 0 aliphatic heterocycles. The van der Waals surface area contributed by atoms with E-state index in [1.54, 1.807) is 30.5 Å². The standard InChI is InChI=1S/C19H13F3N6OS/c20-19(21,22)12-4-3-5-13(10-12)24-16(29)11-30-17-8-7-15-25-26-18(28(15)27-17)14-6-1-2-9-23-14/h1-10H,11H2,(H,24,29). The number of anilines is 1. The lowest BCUT2D eigenvalue weighted by molar-refractivity contribution is -0.137. The third-order valence-corrected chi connectivity index (χ3v) is 4.88. The van der Waals surface area contributed by atoms with Gasteiger partial charge in [-0.05, 0) is 42.5 Å². The molecule has 0 radical (unpaired) electrons. The maximum atomic E-state index is 12.8. The Balaban J connectivity index is 1.45. The number of aromatic nitrogens is 5. The number of halogens is 3. The second kappa shape index (κ2) is 8.11. The molecule has 0 aliphatic carbocycles. The summed E-state index contributed by atoms with van der Waals surface area (Å²) in [7, 11) is 0. The van der Waals surface area contributed by atoms with Crippen LogP contribution in [0.15, 0.2) is 65.8 Å². The molecular weight excluding hydrogens is 417 g/mol. The van der Waals surface area contributed by atoms with Gasteiger partial charge in [-0.15, -0.1) is 10.2 Å². The molecule has 0 fully saturated rings. The van der Waals surface area contributed by atoms with Crippen LogP contribution >= 0.6 is 11.8 Å². The molecule has 1 amide bonds. The molecule has 1 aromatic carbocycles. The van der Waals surface area contributed by atoms with Crippen molar-refractivity contribution in [1.29, 1.82) is 0 Å². The average Bonchev–Trinajstić information content (AvgIpc) is 3.16. The lowest BCUT2D eigenvalue weighted by Crippen LogP contribution is -2.15. The number of benzene rings is 1. The van der Waals surface area contributed by atoms with E-state index >= 15 is 0 Å². The van der Waals surface area contributed by atoms with E-state index in [1.807, 2.05) is 6.07 Å². The van der Waals surface area contributed by atoms with Crippen molar-refractivity contribution in [3.8, 4) is 11.5 Å². The summed E-state index contributed by atoms with van der Waals surface area (Å²) in [6.07, 6.45) is -2.84. The Bertz CT molecular complexity index is 1200. The van der Waals surface area contributed by atoms with Gasteiger partial charge in [-0.2, -0.15) is 22.8 Å². The summed E-state index contributed by atoms with van der Waals surface area (Å²) in [4.78, 5) is 16.4. The third kappa shape index (κ3) is 4.40. The zero-order valence-electron chi connectivity index (χ0n) is 15.2. The first-order valence-corrected chi connectivity index (χ1v) is 9.62. The fourth-order valence-corrected chi connectivity index (χ4v) is 3.27. The number of nitrogens with one attached hydrogen (secondary N) is 1. The normalized spacial score (nSPS) is 11.6. The van der Waals surface area contributed by atoms with Crippen molar-refractivity contribution in [2.45, 2.75) is 11.2 Å². The SMILES string of the molecule is O=C(CSc1ccc2nnc(-c3ccccn3)n2n1)Nc1cccc(C(F)(F)F)c1. The van der Waals surface area contributed by atoms with E-state index in [1.165, 1.54) is 16.6 Å². The summed E-state index contributed by atoms with van der Waals surface area (Å²) in [6, 6.07) is 13.3. The number of carbonyl (C=O) groups excluding carboxylic acids is 1. The monoisotopic (exact) mass is 430 g/mol. The molecule has 0 aliphatic rings. The van der Waals surface area contributed by atoms with E-state index in [0.29, 0.717) is 22.2 Å². The fourth-order valence-electron chi connectivity index (χ4n) is 2.61. The molecule has 0 saturated heterocycles. The van der Waals surface area contributed by atoms with E-state index in [-0.39, 0.29) is 11.4 Å². The first-order chi connectivity index (χ1) is 14.4. The Hall–Kier alpha value is -3.47. The first kappa shape index (κ1) is 19.8. The van der Waals surface area contributed by atoms with E-state index in [0.717, 1.165) is 23.9 Å². The number of hydrogen-bond acceptors (Lipinski definition) is 6. The van der Waals surface area contributed by atoms with Gasteiger partial charge in [0, 0.05) is 11.9 Å². The third-order valence-electron chi connectivity index (χ3n) is 3.96. The molecule has 4 aromatic rings. The van der Waals surface area contributed by atoms with E-state index < -0.39 is 17.6 Å². The Morgan fingerprint density at radius 2 is 1.93 bits per heavy atom. The molecule has 3 aromatic heterocycles. The highest BCUT2D eigenvalue weighted by molar-refractivity contribution is 7.99. The Morgan fingerprint density at radius 3 is 2.70 bits per heavy atom. The lowest BCUT2D eigenvalue weighted by atomic mass is 10.2. The van der Waals surface area contributed by atoms with Gasteiger partial charge in [0.25, 0.3) is 0 Å². The highest BCUT2D eigenvalue weighted by atomic mass is 32.2. The molecule has 0 spiro atoms. The Kier molecular flexibility index (Phi) is 5.36. The largest absolute Gasteiger partial charge is 0.416 e. The molecule has 30 heavy (non-hydrogen) atoms. The van der Waals surface area contributed by atoms with Gasteiger partial charge in [0.2, 0.25) is 11.7 Å². The van der Waals surface area contributed by atoms with Crippen LogP contribution in [0, 0.1) is 0 Å². The summed E-state index contributed by atoms with van der Waals surface area (Å²) < 4.78 is 39.9. The summed E-state index contributed by atoms with van der Waals surface area (Å²) in [5.41, 5.74) is 0.375. The van der Waals surface area contributed by atoms with Gasteiger partial charge < -0.3 is 5.32 Å². The molecular formula is C19H13F3N6OS. The van der Waals surface area contributed by atoms with E-state index in [4.69, 9.17) is 0 Å². The summed E-state index contributed by atoms with van der Waals surface area (Å²) in [5, 5.41) is 15.6.